The van der Waals surface area contributed by atoms with Crippen LogP contribution in [0.25, 0.3) is 0 Å². The largest absolute Gasteiger partial charge is 0.358 e. The number of hydrogen-bond acceptors (Lipinski definition) is 4. The molecule has 0 fully saturated rings. The standard InChI is InChI=1S/C11H15ClN2O2/c1-8(2)14-6-4-9-3-5-13-7-10(9)11(15)16-12/h3,5,7-8,14H,4,6H2,1-2H3. The van der Waals surface area contributed by atoms with E-state index in [9.17, 15) is 4.79 Å². The fourth-order valence-corrected chi connectivity index (χ4v) is 1.45. The lowest BCUT2D eigenvalue weighted by Gasteiger charge is -2.09. The Morgan fingerprint density at radius 2 is 2.38 bits per heavy atom. The molecule has 0 aliphatic carbocycles. The number of aromatic nitrogens is 1. The summed E-state index contributed by atoms with van der Waals surface area (Å²) < 4.78 is 4.18. The van der Waals surface area contributed by atoms with Crippen molar-refractivity contribution in [3.63, 3.8) is 0 Å². The second-order valence-corrected chi connectivity index (χ2v) is 3.91. The number of halogens is 1. The Balaban J connectivity index is 2.67. The summed E-state index contributed by atoms with van der Waals surface area (Å²) in [7, 11) is 0. The Morgan fingerprint density at radius 3 is 3.00 bits per heavy atom. The summed E-state index contributed by atoms with van der Waals surface area (Å²) in [5, 5.41) is 3.27. The lowest BCUT2D eigenvalue weighted by molar-refractivity contribution is 0.0749. The molecule has 0 spiro atoms. The van der Waals surface area contributed by atoms with Gasteiger partial charge in [0.15, 0.2) is 0 Å². The first-order chi connectivity index (χ1) is 7.65. The Labute approximate surface area is 100 Å². The van der Waals surface area contributed by atoms with Gasteiger partial charge in [0, 0.05) is 18.4 Å². The van der Waals surface area contributed by atoms with Gasteiger partial charge in [-0.3, -0.25) is 4.98 Å². The molecule has 88 valence electrons. The lowest BCUT2D eigenvalue weighted by atomic mass is 10.1. The van der Waals surface area contributed by atoms with Gasteiger partial charge in [-0.05, 0) is 24.6 Å². The maximum Gasteiger partial charge on any atom is 0.358 e. The van der Waals surface area contributed by atoms with Crippen LogP contribution in [0.3, 0.4) is 0 Å². The Morgan fingerprint density at radius 1 is 1.62 bits per heavy atom. The molecule has 0 aliphatic heterocycles. The molecule has 0 amide bonds. The van der Waals surface area contributed by atoms with Crippen LogP contribution in [0.15, 0.2) is 18.5 Å². The van der Waals surface area contributed by atoms with Crippen molar-refractivity contribution in [1.82, 2.24) is 10.3 Å². The molecule has 0 unspecified atom stereocenters. The molecule has 0 saturated carbocycles. The van der Waals surface area contributed by atoms with E-state index in [0.717, 1.165) is 18.5 Å². The van der Waals surface area contributed by atoms with Gasteiger partial charge in [0.1, 0.15) is 11.9 Å². The van der Waals surface area contributed by atoms with Crippen LogP contribution in [0.4, 0.5) is 0 Å². The first-order valence-electron chi connectivity index (χ1n) is 5.14. The highest BCUT2D eigenvalue weighted by Crippen LogP contribution is 2.10. The average Bonchev–Trinajstić information content (AvgIpc) is 2.28. The summed E-state index contributed by atoms with van der Waals surface area (Å²) in [5.74, 6) is -0.561. The Hall–Kier alpha value is -1.13. The van der Waals surface area contributed by atoms with Gasteiger partial charge in [0.05, 0.1) is 5.56 Å². The molecule has 4 nitrogen and oxygen atoms in total. The van der Waals surface area contributed by atoms with Gasteiger partial charge in [-0.1, -0.05) is 13.8 Å². The van der Waals surface area contributed by atoms with Gasteiger partial charge in [-0.2, -0.15) is 0 Å². The third-order valence-electron chi connectivity index (χ3n) is 2.15. The number of rotatable bonds is 5. The quantitative estimate of drug-likeness (QED) is 0.857. The number of hydrogen-bond donors (Lipinski definition) is 1. The number of nitrogens with zero attached hydrogens (tertiary/aromatic N) is 1. The van der Waals surface area contributed by atoms with E-state index in [1.54, 1.807) is 12.3 Å². The zero-order chi connectivity index (χ0) is 12.0. The summed E-state index contributed by atoms with van der Waals surface area (Å²) in [4.78, 5) is 15.2. The molecule has 16 heavy (non-hydrogen) atoms. The van der Waals surface area contributed by atoms with Crippen molar-refractivity contribution in [2.24, 2.45) is 0 Å². The van der Waals surface area contributed by atoms with Crippen molar-refractivity contribution >= 4 is 17.8 Å². The van der Waals surface area contributed by atoms with Crippen LogP contribution in [-0.4, -0.2) is 23.5 Å². The third kappa shape index (κ3) is 3.79. The molecule has 0 radical (unpaired) electrons. The Bertz CT molecular complexity index is 356. The second kappa shape index (κ2) is 6.45. The van der Waals surface area contributed by atoms with E-state index in [1.807, 2.05) is 0 Å². The van der Waals surface area contributed by atoms with Crippen molar-refractivity contribution in [2.75, 3.05) is 6.54 Å². The van der Waals surface area contributed by atoms with Crippen molar-refractivity contribution in [3.8, 4) is 0 Å². The van der Waals surface area contributed by atoms with E-state index < -0.39 is 5.97 Å². The summed E-state index contributed by atoms with van der Waals surface area (Å²) in [6, 6.07) is 2.22. The van der Waals surface area contributed by atoms with Gasteiger partial charge in [-0.15, -0.1) is 0 Å². The normalized spacial score (nSPS) is 10.5. The van der Waals surface area contributed by atoms with Crippen LogP contribution in [0, 0.1) is 0 Å². The van der Waals surface area contributed by atoms with E-state index in [-0.39, 0.29) is 0 Å². The average molecular weight is 243 g/mol. The van der Waals surface area contributed by atoms with Crippen LogP contribution in [0.1, 0.15) is 29.8 Å². The Kier molecular flexibility index (Phi) is 5.22. The number of nitrogens with one attached hydrogen (secondary N) is 1. The van der Waals surface area contributed by atoms with Crippen LogP contribution >= 0.6 is 11.9 Å². The topological polar surface area (TPSA) is 51.2 Å². The summed E-state index contributed by atoms with van der Waals surface area (Å²) >= 11 is 5.05. The highest BCUT2D eigenvalue weighted by molar-refractivity contribution is 6.15. The smallest absolute Gasteiger partial charge is 0.343 e. The van der Waals surface area contributed by atoms with Crippen molar-refractivity contribution in [2.45, 2.75) is 26.3 Å². The molecule has 0 bridgehead atoms. The molecule has 1 N–H and O–H groups in total. The van der Waals surface area contributed by atoms with E-state index in [2.05, 4.69) is 28.4 Å². The minimum Gasteiger partial charge on any atom is -0.343 e. The molecule has 0 aromatic carbocycles. The SMILES string of the molecule is CC(C)NCCc1ccncc1C(=O)OCl. The summed E-state index contributed by atoms with van der Waals surface area (Å²) in [5.41, 5.74) is 1.30. The maximum atomic E-state index is 11.3. The molecule has 5 heteroatoms. The number of carbonyl (C=O) groups excluding carboxylic acids is 1. The molecular formula is C11H15ClN2O2. The van der Waals surface area contributed by atoms with E-state index in [4.69, 9.17) is 11.9 Å². The maximum absolute atomic E-state index is 11.3. The van der Waals surface area contributed by atoms with Crippen LogP contribution in [0.2, 0.25) is 0 Å². The zero-order valence-electron chi connectivity index (χ0n) is 9.37. The lowest BCUT2D eigenvalue weighted by Crippen LogP contribution is -2.25. The van der Waals surface area contributed by atoms with Gasteiger partial charge >= 0.3 is 5.97 Å². The first kappa shape index (κ1) is 12.9. The van der Waals surface area contributed by atoms with E-state index >= 15 is 0 Å². The highest BCUT2D eigenvalue weighted by atomic mass is 35.5. The third-order valence-corrected chi connectivity index (χ3v) is 2.29. The van der Waals surface area contributed by atoms with E-state index in [0.29, 0.717) is 11.6 Å². The van der Waals surface area contributed by atoms with Gasteiger partial charge in [0.2, 0.25) is 0 Å². The van der Waals surface area contributed by atoms with Gasteiger partial charge < -0.3 is 9.61 Å². The molecule has 1 aromatic rings. The molecule has 1 aromatic heterocycles. The number of pyridine rings is 1. The van der Waals surface area contributed by atoms with E-state index in [1.165, 1.54) is 6.20 Å². The summed E-state index contributed by atoms with van der Waals surface area (Å²) in [6.45, 7) is 4.94. The molecular weight excluding hydrogens is 228 g/mol. The van der Waals surface area contributed by atoms with Crippen molar-refractivity contribution in [3.05, 3.63) is 29.6 Å². The van der Waals surface area contributed by atoms with Crippen LogP contribution < -0.4 is 5.32 Å². The molecule has 0 aliphatic rings. The summed E-state index contributed by atoms with van der Waals surface area (Å²) in [6.07, 6.45) is 3.85. The predicted molar refractivity (Wildman–Crippen MR) is 62.3 cm³/mol. The first-order valence-corrected chi connectivity index (χ1v) is 5.45. The van der Waals surface area contributed by atoms with Crippen molar-refractivity contribution in [1.29, 1.82) is 0 Å². The van der Waals surface area contributed by atoms with Gasteiger partial charge in [0.25, 0.3) is 0 Å². The minimum atomic E-state index is -0.561. The minimum absolute atomic E-state index is 0.419. The molecule has 1 rings (SSSR count). The van der Waals surface area contributed by atoms with Crippen molar-refractivity contribution < 1.29 is 9.08 Å². The van der Waals surface area contributed by atoms with Crippen LogP contribution in [0.5, 0.6) is 0 Å². The van der Waals surface area contributed by atoms with Gasteiger partial charge in [-0.25, -0.2) is 4.79 Å². The fraction of sp³-hybridized carbons (Fsp3) is 0.455. The molecule has 0 saturated heterocycles. The molecule has 1 heterocycles. The molecule has 0 atom stereocenters. The predicted octanol–water partition coefficient (Wildman–Crippen LogP) is 1.93. The van der Waals surface area contributed by atoms with Crippen LogP contribution in [-0.2, 0) is 10.7 Å². The fourth-order valence-electron chi connectivity index (χ4n) is 1.36. The second-order valence-electron chi connectivity index (χ2n) is 3.76. The number of carbonyl (C=O) groups is 1. The zero-order valence-corrected chi connectivity index (χ0v) is 10.1. The monoisotopic (exact) mass is 242 g/mol. The highest BCUT2D eigenvalue weighted by Gasteiger charge is 2.12.